The Morgan fingerprint density at radius 2 is 1.91 bits per heavy atom. The van der Waals surface area contributed by atoms with E-state index in [1.54, 1.807) is 0 Å². The maximum absolute atomic E-state index is 12.5. The van der Waals surface area contributed by atoms with Crippen LogP contribution in [-0.4, -0.2) is 18.0 Å². The first-order chi connectivity index (χ1) is 10.5. The molecular formula is C19H28N2O. The monoisotopic (exact) mass is 300 g/mol. The molecule has 3 heteroatoms. The molecule has 3 rings (SSSR count). The Hall–Kier alpha value is -1.35. The molecule has 1 aromatic carbocycles. The van der Waals surface area contributed by atoms with Gasteiger partial charge in [0.05, 0.1) is 5.54 Å². The number of nitrogens with two attached hydrogens (primary N) is 1. The Kier molecular flexibility index (Phi) is 4.26. The summed E-state index contributed by atoms with van der Waals surface area (Å²) in [6.07, 6.45) is 5.42. The van der Waals surface area contributed by atoms with Crippen molar-refractivity contribution < 1.29 is 4.79 Å². The topological polar surface area (TPSA) is 55.1 Å². The molecule has 2 aliphatic rings. The van der Waals surface area contributed by atoms with Crippen LogP contribution in [0.2, 0.25) is 0 Å². The molecule has 2 aliphatic carbocycles. The molecule has 0 radical (unpaired) electrons. The summed E-state index contributed by atoms with van der Waals surface area (Å²) in [6, 6.07) is 8.79. The van der Waals surface area contributed by atoms with E-state index in [0.29, 0.717) is 18.4 Å². The van der Waals surface area contributed by atoms with Crippen LogP contribution in [0.3, 0.4) is 0 Å². The van der Waals surface area contributed by atoms with Gasteiger partial charge in [0.2, 0.25) is 5.91 Å². The van der Waals surface area contributed by atoms with Gasteiger partial charge in [-0.05, 0) is 42.2 Å². The van der Waals surface area contributed by atoms with E-state index in [0.717, 1.165) is 19.3 Å². The van der Waals surface area contributed by atoms with E-state index in [1.165, 1.54) is 24.0 Å². The van der Waals surface area contributed by atoms with Crippen molar-refractivity contribution in [3.8, 4) is 0 Å². The molecule has 2 unspecified atom stereocenters. The Morgan fingerprint density at radius 1 is 1.27 bits per heavy atom. The maximum atomic E-state index is 12.5. The first-order valence-electron chi connectivity index (χ1n) is 8.66. The van der Waals surface area contributed by atoms with Gasteiger partial charge in [0.1, 0.15) is 0 Å². The molecule has 0 aromatic heterocycles. The van der Waals surface area contributed by atoms with Gasteiger partial charge in [0, 0.05) is 12.5 Å². The second-order valence-corrected chi connectivity index (χ2v) is 7.45. The molecule has 2 saturated carbocycles. The fourth-order valence-electron chi connectivity index (χ4n) is 3.77. The summed E-state index contributed by atoms with van der Waals surface area (Å²) in [5, 5.41) is 3.27. The van der Waals surface area contributed by atoms with Gasteiger partial charge < -0.3 is 11.1 Å². The largest absolute Gasteiger partial charge is 0.349 e. The van der Waals surface area contributed by atoms with Crippen LogP contribution < -0.4 is 11.1 Å². The fourth-order valence-corrected chi connectivity index (χ4v) is 3.77. The zero-order valence-electron chi connectivity index (χ0n) is 13.8. The lowest BCUT2D eigenvalue weighted by molar-refractivity contribution is -0.124. The summed E-state index contributed by atoms with van der Waals surface area (Å²) in [5.74, 6) is 1.32. The van der Waals surface area contributed by atoms with E-state index < -0.39 is 0 Å². The predicted molar refractivity (Wildman–Crippen MR) is 89.8 cm³/mol. The fraction of sp³-hybridized carbons (Fsp3) is 0.632. The summed E-state index contributed by atoms with van der Waals surface area (Å²) in [5.41, 5.74) is 8.46. The highest BCUT2D eigenvalue weighted by molar-refractivity contribution is 5.83. The number of amides is 1. The van der Waals surface area contributed by atoms with Crippen LogP contribution in [0.5, 0.6) is 0 Å². The molecule has 120 valence electrons. The molecule has 3 N–H and O–H groups in total. The van der Waals surface area contributed by atoms with Gasteiger partial charge in [0.25, 0.3) is 0 Å². The Bertz CT molecular complexity index is 529. The van der Waals surface area contributed by atoms with Gasteiger partial charge in [-0.3, -0.25) is 4.79 Å². The Balaban J connectivity index is 1.60. The molecule has 22 heavy (non-hydrogen) atoms. The highest BCUT2D eigenvalue weighted by atomic mass is 16.2. The summed E-state index contributed by atoms with van der Waals surface area (Å²) in [4.78, 5) is 12.5. The van der Waals surface area contributed by atoms with E-state index in [9.17, 15) is 4.79 Å². The second kappa shape index (κ2) is 6.04. The molecule has 2 atom stereocenters. The molecule has 0 heterocycles. The lowest BCUT2D eigenvalue weighted by atomic mass is 9.97. The van der Waals surface area contributed by atoms with E-state index in [1.807, 2.05) is 0 Å². The van der Waals surface area contributed by atoms with Gasteiger partial charge in [-0.25, -0.2) is 0 Å². The van der Waals surface area contributed by atoms with Gasteiger partial charge in [-0.1, -0.05) is 51.0 Å². The number of nitrogens with one attached hydrogen (secondary N) is 1. The number of benzene rings is 1. The third-order valence-electron chi connectivity index (χ3n) is 5.50. The van der Waals surface area contributed by atoms with Crippen LogP contribution >= 0.6 is 0 Å². The summed E-state index contributed by atoms with van der Waals surface area (Å²) < 4.78 is 0. The molecule has 3 nitrogen and oxygen atoms in total. The molecule has 0 bridgehead atoms. The van der Waals surface area contributed by atoms with Crippen molar-refractivity contribution in [1.29, 1.82) is 0 Å². The summed E-state index contributed by atoms with van der Waals surface area (Å²) >= 11 is 0. The van der Waals surface area contributed by atoms with Crippen LogP contribution in [0, 0.1) is 5.92 Å². The highest BCUT2D eigenvalue weighted by Gasteiger charge is 2.46. The highest BCUT2D eigenvalue weighted by Crippen LogP contribution is 2.48. The average molecular weight is 300 g/mol. The SMILES string of the molecule is CC(C)c1ccc(C2CC2C(=O)NC2(CN)CCCC2)cc1. The smallest absolute Gasteiger partial charge is 0.224 e. The van der Waals surface area contributed by atoms with Crippen molar-refractivity contribution in [2.75, 3.05) is 6.54 Å². The van der Waals surface area contributed by atoms with Gasteiger partial charge in [-0.2, -0.15) is 0 Å². The van der Waals surface area contributed by atoms with E-state index in [-0.39, 0.29) is 17.4 Å². The first kappa shape index (κ1) is 15.5. The zero-order chi connectivity index (χ0) is 15.7. The van der Waals surface area contributed by atoms with E-state index >= 15 is 0 Å². The molecule has 0 aliphatic heterocycles. The third kappa shape index (κ3) is 3.05. The van der Waals surface area contributed by atoms with Crippen molar-refractivity contribution in [2.45, 2.75) is 63.3 Å². The maximum Gasteiger partial charge on any atom is 0.224 e. The van der Waals surface area contributed by atoms with Gasteiger partial charge in [0.15, 0.2) is 0 Å². The lowest BCUT2D eigenvalue weighted by Gasteiger charge is -2.28. The molecular weight excluding hydrogens is 272 g/mol. The number of hydrogen-bond donors (Lipinski definition) is 2. The van der Waals surface area contributed by atoms with Gasteiger partial charge in [-0.15, -0.1) is 0 Å². The molecule has 0 spiro atoms. The first-order valence-corrected chi connectivity index (χ1v) is 8.66. The quantitative estimate of drug-likeness (QED) is 0.876. The van der Waals surface area contributed by atoms with Gasteiger partial charge >= 0.3 is 0 Å². The molecule has 0 saturated heterocycles. The van der Waals surface area contributed by atoms with Crippen molar-refractivity contribution in [2.24, 2.45) is 11.7 Å². The minimum absolute atomic E-state index is 0.119. The van der Waals surface area contributed by atoms with E-state index in [4.69, 9.17) is 5.73 Å². The Morgan fingerprint density at radius 3 is 2.45 bits per heavy atom. The predicted octanol–water partition coefficient (Wildman–Crippen LogP) is 3.30. The van der Waals surface area contributed by atoms with Crippen molar-refractivity contribution in [3.63, 3.8) is 0 Å². The van der Waals surface area contributed by atoms with Crippen LogP contribution in [0.25, 0.3) is 0 Å². The molecule has 2 fully saturated rings. The average Bonchev–Trinajstić information content (AvgIpc) is 3.20. The third-order valence-corrected chi connectivity index (χ3v) is 5.50. The minimum Gasteiger partial charge on any atom is -0.349 e. The van der Waals surface area contributed by atoms with Crippen LogP contribution in [0.4, 0.5) is 0 Å². The van der Waals surface area contributed by atoms with Crippen LogP contribution in [0.15, 0.2) is 24.3 Å². The van der Waals surface area contributed by atoms with E-state index in [2.05, 4.69) is 43.4 Å². The zero-order valence-corrected chi connectivity index (χ0v) is 13.8. The number of carbonyl (C=O) groups excluding carboxylic acids is 1. The standard InChI is InChI=1S/C19H28N2O/c1-13(2)14-5-7-15(8-6-14)16-11-17(16)18(22)21-19(12-20)9-3-4-10-19/h5-8,13,16-17H,3-4,9-12,20H2,1-2H3,(H,21,22). The number of carbonyl (C=O) groups is 1. The summed E-state index contributed by atoms with van der Waals surface area (Å²) in [7, 11) is 0. The lowest BCUT2D eigenvalue weighted by Crippen LogP contribution is -2.52. The number of rotatable bonds is 5. The normalized spacial score (nSPS) is 26.2. The molecule has 1 aromatic rings. The molecule has 1 amide bonds. The van der Waals surface area contributed by atoms with Crippen molar-refractivity contribution >= 4 is 5.91 Å². The summed E-state index contributed by atoms with van der Waals surface area (Å²) in [6.45, 7) is 4.98. The van der Waals surface area contributed by atoms with Crippen molar-refractivity contribution in [3.05, 3.63) is 35.4 Å². The minimum atomic E-state index is -0.119. The number of hydrogen-bond acceptors (Lipinski definition) is 2. The van der Waals surface area contributed by atoms with Crippen LogP contribution in [0.1, 0.15) is 68.9 Å². The second-order valence-electron chi connectivity index (χ2n) is 7.45. The Labute approximate surface area is 133 Å². The van der Waals surface area contributed by atoms with Crippen molar-refractivity contribution in [1.82, 2.24) is 5.32 Å². The van der Waals surface area contributed by atoms with Crippen LogP contribution in [-0.2, 0) is 4.79 Å².